The van der Waals surface area contributed by atoms with Crippen molar-refractivity contribution in [2.45, 2.75) is 13.8 Å². The minimum absolute atomic E-state index is 0.601. The van der Waals surface area contributed by atoms with Crippen LogP contribution in [0.3, 0.4) is 0 Å². The number of anilines is 1. The lowest BCUT2D eigenvalue weighted by atomic mass is 10.1. The van der Waals surface area contributed by atoms with Crippen LogP contribution in [0.2, 0.25) is 0 Å². The molecule has 1 N–H and O–H groups in total. The Hall–Kier alpha value is -2.60. The van der Waals surface area contributed by atoms with Gasteiger partial charge in [0.1, 0.15) is 11.5 Å². The first-order valence-corrected chi connectivity index (χ1v) is 9.07. The van der Waals surface area contributed by atoms with E-state index in [1.165, 1.54) is 0 Å². The SMILES string of the molecule is CCOc1ccc(Br)cc1C=NNc1cc(C)nc2ccc(OC)cc12. The molecule has 5 nitrogen and oxygen atoms in total. The quantitative estimate of drug-likeness (QED) is 0.447. The second kappa shape index (κ2) is 8.19. The van der Waals surface area contributed by atoms with E-state index in [1.54, 1.807) is 13.3 Å². The third kappa shape index (κ3) is 4.14. The Labute approximate surface area is 161 Å². The number of halogens is 1. The molecule has 0 unspecified atom stereocenters. The molecule has 0 bridgehead atoms. The molecule has 0 spiro atoms. The summed E-state index contributed by atoms with van der Waals surface area (Å²) in [6.07, 6.45) is 1.75. The first-order valence-electron chi connectivity index (χ1n) is 8.27. The molecule has 0 saturated heterocycles. The number of rotatable bonds is 6. The fraction of sp³-hybridized carbons (Fsp3) is 0.200. The highest BCUT2D eigenvalue weighted by Gasteiger charge is 2.06. The number of methoxy groups -OCH3 is 1. The number of hydrogen-bond acceptors (Lipinski definition) is 5. The summed E-state index contributed by atoms with van der Waals surface area (Å²) in [6.45, 7) is 4.52. The first-order chi connectivity index (χ1) is 12.6. The van der Waals surface area contributed by atoms with Gasteiger partial charge in [-0.05, 0) is 56.3 Å². The van der Waals surface area contributed by atoms with Gasteiger partial charge in [0.25, 0.3) is 0 Å². The molecule has 2 aromatic carbocycles. The summed E-state index contributed by atoms with van der Waals surface area (Å²) in [4.78, 5) is 4.55. The van der Waals surface area contributed by atoms with Crippen LogP contribution >= 0.6 is 15.9 Å². The van der Waals surface area contributed by atoms with Gasteiger partial charge in [-0.15, -0.1) is 0 Å². The van der Waals surface area contributed by atoms with Crippen molar-refractivity contribution in [2.24, 2.45) is 5.10 Å². The van der Waals surface area contributed by atoms with Gasteiger partial charge >= 0.3 is 0 Å². The van der Waals surface area contributed by atoms with Gasteiger partial charge in [0, 0.05) is 21.1 Å². The van der Waals surface area contributed by atoms with Crippen molar-refractivity contribution in [1.82, 2.24) is 4.98 Å². The van der Waals surface area contributed by atoms with Gasteiger partial charge in [0.15, 0.2) is 0 Å². The third-order valence-electron chi connectivity index (χ3n) is 3.80. The van der Waals surface area contributed by atoms with E-state index in [9.17, 15) is 0 Å². The molecule has 1 aromatic heterocycles. The Kier molecular flexibility index (Phi) is 5.73. The summed E-state index contributed by atoms with van der Waals surface area (Å²) in [5, 5.41) is 5.35. The average Bonchev–Trinajstić information content (AvgIpc) is 2.63. The van der Waals surface area contributed by atoms with Crippen molar-refractivity contribution < 1.29 is 9.47 Å². The molecule has 6 heteroatoms. The number of aryl methyl sites for hydroxylation is 1. The van der Waals surface area contributed by atoms with Crippen molar-refractivity contribution in [3.8, 4) is 11.5 Å². The molecule has 0 fully saturated rings. The van der Waals surface area contributed by atoms with Crippen LogP contribution in [0.4, 0.5) is 5.69 Å². The maximum atomic E-state index is 5.65. The van der Waals surface area contributed by atoms with Crippen LogP contribution in [0.5, 0.6) is 11.5 Å². The Morgan fingerprint density at radius 3 is 2.81 bits per heavy atom. The Morgan fingerprint density at radius 2 is 2.04 bits per heavy atom. The molecular formula is C20H20BrN3O2. The third-order valence-corrected chi connectivity index (χ3v) is 4.30. The lowest BCUT2D eigenvalue weighted by Gasteiger charge is -2.10. The fourth-order valence-electron chi connectivity index (χ4n) is 2.64. The molecule has 0 atom stereocenters. The Bertz CT molecular complexity index is 957. The van der Waals surface area contributed by atoms with Gasteiger partial charge in [-0.2, -0.15) is 5.10 Å². The van der Waals surface area contributed by atoms with Gasteiger partial charge in [-0.3, -0.25) is 10.4 Å². The zero-order valence-electron chi connectivity index (χ0n) is 14.9. The molecule has 134 valence electrons. The first kappa shape index (κ1) is 18.2. The number of benzene rings is 2. The summed E-state index contributed by atoms with van der Waals surface area (Å²) in [7, 11) is 1.65. The van der Waals surface area contributed by atoms with Crippen molar-refractivity contribution in [2.75, 3.05) is 19.1 Å². The monoisotopic (exact) mass is 413 g/mol. The molecule has 0 radical (unpaired) electrons. The molecule has 0 aliphatic rings. The second-order valence-corrected chi connectivity index (χ2v) is 6.60. The summed E-state index contributed by atoms with van der Waals surface area (Å²) >= 11 is 3.48. The summed E-state index contributed by atoms with van der Waals surface area (Å²) in [6, 6.07) is 13.6. The van der Waals surface area contributed by atoms with Gasteiger partial charge in [-0.25, -0.2) is 0 Å². The molecule has 3 aromatic rings. The van der Waals surface area contributed by atoms with Crippen molar-refractivity contribution in [3.63, 3.8) is 0 Å². The Balaban J connectivity index is 1.92. The molecule has 0 saturated carbocycles. The number of pyridine rings is 1. The van der Waals surface area contributed by atoms with Crippen molar-refractivity contribution in [3.05, 3.63) is 58.2 Å². The Morgan fingerprint density at radius 1 is 1.19 bits per heavy atom. The van der Waals surface area contributed by atoms with E-state index < -0.39 is 0 Å². The van der Waals surface area contributed by atoms with Crippen LogP contribution in [0.25, 0.3) is 10.9 Å². The molecule has 0 aliphatic heterocycles. The molecule has 3 rings (SSSR count). The minimum atomic E-state index is 0.601. The van der Waals surface area contributed by atoms with Gasteiger partial charge in [0.05, 0.1) is 31.1 Å². The smallest absolute Gasteiger partial charge is 0.128 e. The van der Waals surface area contributed by atoms with Crippen LogP contribution in [0.15, 0.2) is 52.0 Å². The largest absolute Gasteiger partial charge is 0.497 e. The summed E-state index contributed by atoms with van der Waals surface area (Å²) in [5.41, 5.74) is 6.69. The van der Waals surface area contributed by atoms with Crippen LogP contribution in [0, 0.1) is 6.92 Å². The number of nitrogens with zero attached hydrogens (tertiary/aromatic N) is 2. The number of hydrogen-bond donors (Lipinski definition) is 1. The lowest BCUT2D eigenvalue weighted by Crippen LogP contribution is -1.98. The zero-order chi connectivity index (χ0) is 18.5. The molecule has 0 aliphatic carbocycles. The van der Waals surface area contributed by atoms with E-state index in [2.05, 4.69) is 31.4 Å². The minimum Gasteiger partial charge on any atom is -0.497 e. The summed E-state index contributed by atoms with van der Waals surface area (Å²) < 4.78 is 11.9. The maximum Gasteiger partial charge on any atom is 0.128 e. The fourth-order valence-corrected chi connectivity index (χ4v) is 3.01. The van der Waals surface area contributed by atoms with Gasteiger partial charge in [-0.1, -0.05) is 15.9 Å². The van der Waals surface area contributed by atoms with E-state index in [0.29, 0.717) is 6.61 Å². The normalized spacial score (nSPS) is 11.1. The number of nitrogens with one attached hydrogen (secondary N) is 1. The van der Waals surface area contributed by atoms with E-state index in [4.69, 9.17) is 9.47 Å². The van der Waals surface area contributed by atoms with E-state index in [0.717, 1.165) is 43.8 Å². The molecule has 0 amide bonds. The number of ether oxygens (including phenoxy) is 2. The standard InChI is InChI=1S/C20H20BrN3O2/c1-4-26-20-8-5-15(21)10-14(20)12-22-24-19-9-13(2)23-18-7-6-16(25-3)11-17(18)19/h5-12H,4H2,1-3H3,(H,23,24). The highest BCUT2D eigenvalue weighted by molar-refractivity contribution is 9.10. The lowest BCUT2D eigenvalue weighted by molar-refractivity contribution is 0.339. The predicted molar refractivity (Wildman–Crippen MR) is 110 cm³/mol. The number of fused-ring (bicyclic) bond motifs is 1. The van der Waals surface area contributed by atoms with Crippen LogP contribution < -0.4 is 14.9 Å². The molecule has 26 heavy (non-hydrogen) atoms. The van der Waals surface area contributed by atoms with Crippen LogP contribution in [-0.2, 0) is 0 Å². The van der Waals surface area contributed by atoms with E-state index in [-0.39, 0.29) is 0 Å². The van der Waals surface area contributed by atoms with Gasteiger partial charge < -0.3 is 9.47 Å². The highest BCUT2D eigenvalue weighted by atomic mass is 79.9. The number of hydrazone groups is 1. The van der Waals surface area contributed by atoms with Gasteiger partial charge in [0.2, 0.25) is 0 Å². The molecule has 1 heterocycles. The van der Waals surface area contributed by atoms with E-state index >= 15 is 0 Å². The van der Waals surface area contributed by atoms with Crippen LogP contribution in [-0.4, -0.2) is 24.9 Å². The van der Waals surface area contributed by atoms with Crippen LogP contribution in [0.1, 0.15) is 18.2 Å². The predicted octanol–water partition coefficient (Wildman–Crippen LogP) is 5.16. The zero-order valence-corrected chi connectivity index (χ0v) is 16.5. The van der Waals surface area contributed by atoms with Crippen molar-refractivity contribution in [1.29, 1.82) is 0 Å². The topological polar surface area (TPSA) is 55.7 Å². The number of aromatic nitrogens is 1. The highest BCUT2D eigenvalue weighted by Crippen LogP contribution is 2.27. The van der Waals surface area contributed by atoms with E-state index in [1.807, 2.05) is 56.3 Å². The maximum absolute atomic E-state index is 5.65. The second-order valence-electron chi connectivity index (χ2n) is 5.68. The molecular weight excluding hydrogens is 394 g/mol. The summed E-state index contributed by atoms with van der Waals surface area (Å²) in [5.74, 6) is 1.57. The average molecular weight is 414 g/mol. The van der Waals surface area contributed by atoms with Crippen molar-refractivity contribution >= 4 is 38.7 Å².